The van der Waals surface area contributed by atoms with Gasteiger partial charge in [0.1, 0.15) is 5.75 Å². The van der Waals surface area contributed by atoms with Gasteiger partial charge in [-0.15, -0.1) is 0 Å². The molecule has 0 saturated carbocycles. The number of hydrogen-bond donors (Lipinski definition) is 1. The van der Waals surface area contributed by atoms with E-state index in [2.05, 4.69) is 10.2 Å². The minimum absolute atomic E-state index is 0.118. The molecule has 0 aliphatic carbocycles. The molecule has 5 nitrogen and oxygen atoms in total. The highest BCUT2D eigenvalue weighted by molar-refractivity contribution is 7.99. The molecule has 1 unspecified atom stereocenters. The maximum Gasteiger partial charge on any atom is 0.255 e. The predicted octanol–water partition coefficient (Wildman–Crippen LogP) is 2.81. The Labute approximate surface area is 146 Å². The number of nitrogens with one attached hydrogen (secondary N) is 1. The van der Waals surface area contributed by atoms with Crippen LogP contribution in [0.2, 0.25) is 0 Å². The lowest BCUT2D eigenvalue weighted by molar-refractivity contribution is 0.0931. The molecule has 1 aliphatic rings. The summed E-state index contributed by atoms with van der Waals surface area (Å²) in [6, 6.07) is 9.37. The van der Waals surface area contributed by atoms with Gasteiger partial charge in [-0.05, 0) is 18.2 Å². The number of benzene rings is 1. The van der Waals surface area contributed by atoms with Crippen LogP contribution in [-0.2, 0) is 0 Å². The Morgan fingerprint density at radius 1 is 1.33 bits per heavy atom. The molecule has 0 bridgehead atoms. The van der Waals surface area contributed by atoms with Crippen LogP contribution in [0.25, 0.3) is 0 Å². The Morgan fingerprint density at radius 2 is 2.12 bits per heavy atom. The third-order valence-electron chi connectivity index (χ3n) is 4.22. The van der Waals surface area contributed by atoms with E-state index in [1.165, 1.54) is 0 Å². The first kappa shape index (κ1) is 16.9. The Kier molecular flexibility index (Phi) is 5.82. The molecule has 1 atom stereocenters. The first-order chi connectivity index (χ1) is 11.8. The number of amides is 1. The molecule has 1 amide bonds. The first-order valence-electron chi connectivity index (χ1n) is 8.04. The Morgan fingerprint density at radius 3 is 2.83 bits per heavy atom. The van der Waals surface area contributed by atoms with E-state index in [1.807, 2.05) is 30.0 Å². The van der Waals surface area contributed by atoms with Crippen molar-refractivity contribution in [1.29, 1.82) is 0 Å². The van der Waals surface area contributed by atoms with Crippen LogP contribution >= 0.6 is 11.8 Å². The SMILES string of the molecule is COc1ccccc1C(=O)NCC(c1ccoc1)N1CCSCC1. The minimum Gasteiger partial charge on any atom is -0.496 e. The van der Waals surface area contributed by atoms with Gasteiger partial charge in [0.2, 0.25) is 0 Å². The van der Waals surface area contributed by atoms with E-state index in [9.17, 15) is 4.79 Å². The van der Waals surface area contributed by atoms with Crippen molar-refractivity contribution in [1.82, 2.24) is 10.2 Å². The summed E-state index contributed by atoms with van der Waals surface area (Å²) >= 11 is 1.97. The molecular formula is C18H22N2O3S. The number of methoxy groups -OCH3 is 1. The monoisotopic (exact) mass is 346 g/mol. The maximum absolute atomic E-state index is 12.5. The van der Waals surface area contributed by atoms with Crippen LogP contribution < -0.4 is 10.1 Å². The molecule has 1 saturated heterocycles. The van der Waals surface area contributed by atoms with E-state index in [0.29, 0.717) is 17.9 Å². The summed E-state index contributed by atoms with van der Waals surface area (Å²) in [5.41, 5.74) is 1.65. The molecule has 1 aromatic heterocycles. The maximum atomic E-state index is 12.5. The molecule has 1 N–H and O–H groups in total. The summed E-state index contributed by atoms with van der Waals surface area (Å²) in [5, 5.41) is 3.05. The molecule has 3 rings (SSSR count). The molecule has 0 radical (unpaired) electrons. The number of carbonyl (C=O) groups excluding carboxylic acids is 1. The lowest BCUT2D eigenvalue weighted by Gasteiger charge is -2.34. The molecule has 1 fully saturated rings. The van der Waals surface area contributed by atoms with Crippen molar-refractivity contribution in [2.75, 3.05) is 38.2 Å². The van der Waals surface area contributed by atoms with Gasteiger partial charge in [-0.3, -0.25) is 9.69 Å². The summed E-state index contributed by atoms with van der Waals surface area (Å²) in [6.45, 7) is 2.58. The van der Waals surface area contributed by atoms with Gasteiger partial charge in [0, 0.05) is 36.7 Å². The third-order valence-corrected chi connectivity index (χ3v) is 5.16. The number of nitrogens with zero attached hydrogens (tertiary/aromatic N) is 1. The lowest BCUT2D eigenvalue weighted by Crippen LogP contribution is -2.42. The first-order valence-corrected chi connectivity index (χ1v) is 9.20. The van der Waals surface area contributed by atoms with Crippen molar-refractivity contribution >= 4 is 17.7 Å². The predicted molar refractivity (Wildman–Crippen MR) is 95.7 cm³/mol. The van der Waals surface area contributed by atoms with Crippen molar-refractivity contribution in [3.8, 4) is 5.75 Å². The number of hydrogen-bond acceptors (Lipinski definition) is 5. The molecule has 24 heavy (non-hydrogen) atoms. The fraction of sp³-hybridized carbons (Fsp3) is 0.389. The normalized spacial score (nSPS) is 16.5. The molecule has 0 spiro atoms. The van der Waals surface area contributed by atoms with Gasteiger partial charge < -0.3 is 14.5 Å². The van der Waals surface area contributed by atoms with Crippen molar-refractivity contribution in [2.24, 2.45) is 0 Å². The average molecular weight is 346 g/mol. The summed E-state index contributed by atoms with van der Waals surface area (Å²) in [7, 11) is 1.58. The van der Waals surface area contributed by atoms with Gasteiger partial charge >= 0.3 is 0 Å². The van der Waals surface area contributed by atoms with E-state index in [1.54, 1.807) is 31.8 Å². The Bertz CT molecular complexity index is 654. The standard InChI is InChI=1S/C18H22N2O3S/c1-22-17-5-3-2-4-15(17)18(21)19-12-16(14-6-9-23-13-14)20-7-10-24-11-8-20/h2-6,9,13,16H,7-8,10-12H2,1H3,(H,19,21). The number of furan rings is 1. The largest absolute Gasteiger partial charge is 0.496 e. The highest BCUT2D eigenvalue weighted by Gasteiger charge is 2.24. The molecule has 2 aromatic rings. The van der Waals surface area contributed by atoms with Gasteiger partial charge in [-0.25, -0.2) is 0 Å². The zero-order valence-electron chi connectivity index (χ0n) is 13.7. The van der Waals surface area contributed by atoms with E-state index < -0.39 is 0 Å². The van der Waals surface area contributed by atoms with Crippen molar-refractivity contribution in [3.05, 3.63) is 54.0 Å². The van der Waals surface area contributed by atoms with Crippen LogP contribution in [0, 0.1) is 0 Å². The zero-order chi connectivity index (χ0) is 16.8. The summed E-state index contributed by atoms with van der Waals surface area (Å²) < 4.78 is 10.5. The van der Waals surface area contributed by atoms with Crippen LogP contribution in [0.5, 0.6) is 5.75 Å². The molecule has 1 aliphatic heterocycles. The average Bonchev–Trinajstić information content (AvgIpc) is 3.17. The van der Waals surface area contributed by atoms with E-state index in [0.717, 1.165) is 30.2 Å². The van der Waals surface area contributed by atoms with Crippen LogP contribution in [0.15, 0.2) is 47.3 Å². The second kappa shape index (κ2) is 8.26. The van der Waals surface area contributed by atoms with Crippen LogP contribution in [0.3, 0.4) is 0 Å². The summed E-state index contributed by atoms with van der Waals surface area (Å²) in [5.74, 6) is 2.71. The zero-order valence-corrected chi connectivity index (χ0v) is 14.6. The van der Waals surface area contributed by atoms with Crippen molar-refractivity contribution < 1.29 is 13.9 Å². The molecular weight excluding hydrogens is 324 g/mol. The highest BCUT2D eigenvalue weighted by Crippen LogP contribution is 2.24. The van der Waals surface area contributed by atoms with Crippen LogP contribution in [-0.4, -0.2) is 49.1 Å². The van der Waals surface area contributed by atoms with E-state index >= 15 is 0 Å². The number of thioether (sulfide) groups is 1. The number of rotatable bonds is 6. The summed E-state index contributed by atoms with van der Waals surface area (Å²) in [4.78, 5) is 15.0. The fourth-order valence-electron chi connectivity index (χ4n) is 2.93. The van der Waals surface area contributed by atoms with Gasteiger partial charge in [0.05, 0.1) is 31.2 Å². The van der Waals surface area contributed by atoms with Crippen LogP contribution in [0.4, 0.5) is 0 Å². The molecule has 1 aromatic carbocycles. The highest BCUT2D eigenvalue weighted by atomic mass is 32.2. The molecule has 6 heteroatoms. The Balaban J connectivity index is 1.70. The van der Waals surface area contributed by atoms with Crippen molar-refractivity contribution in [2.45, 2.75) is 6.04 Å². The van der Waals surface area contributed by atoms with E-state index in [4.69, 9.17) is 9.15 Å². The number of ether oxygens (including phenoxy) is 1. The topological polar surface area (TPSA) is 54.7 Å². The molecule has 128 valence electrons. The molecule has 2 heterocycles. The van der Waals surface area contributed by atoms with E-state index in [-0.39, 0.29) is 11.9 Å². The Hall–Kier alpha value is -1.92. The van der Waals surface area contributed by atoms with Gasteiger partial charge in [-0.2, -0.15) is 11.8 Å². The van der Waals surface area contributed by atoms with Gasteiger partial charge in [0.15, 0.2) is 0 Å². The number of carbonyl (C=O) groups is 1. The van der Waals surface area contributed by atoms with Crippen molar-refractivity contribution in [3.63, 3.8) is 0 Å². The second-order valence-electron chi connectivity index (χ2n) is 5.63. The smallest absolute Gasteiger partial charge is 0.255 e. The number of para-hydroxylation sites is 1. The summed E-state index contributed by atoms with van der Waals surface area (Å²) in [6.07, 6.45) is 3.45. The van der Waals surface area contributed by atoms with Gasteiger partial charge in [0.25, 0.3) is 5.91 Å². The fourth-order valence-corrected chi connectivity index (χ4v) is 3.86. The van der Waals surface area contributed by atoms with Crippen LogP contribution in [0.1, 0.15) is 22.0 Å². The van der Waals surface area contributed by atoms with Gasteiger partial charge in [-0.1, -0.05) is 12.1 Å². The quantitative estimate of drug-likeness (QED) is 0.872. The second-order valence-corrected chi connectivity index (χ2v) is 6.86. The third kappa shape index (κ3) is 3.94. The lowest BCUT2D eigenvalue weighted by atomic mass is 10.1. The minimum atomic E-state index is -0.118.